The number of hydrogen-bond donors (Lipinski definition) is 3. The third-order valence-electron chi connectivity index (χ3n) is 8.95. The lowest BCUT2D eigenvalue weighted by molar-refractivity contribution is -0.339. The van der Waals surface area contributed by atoms with Crippen molar-refractivity contribution in [2.75, 3.05) is 13.2 Å². The fourth-order valence-electron chi connectivity index (χ4n) is 6.61. The summed E-state index contributed by atoms with van der Waals surface area (Å²) in [6, 6.07) is 5.26. The third kappa shape index (κ3) is 17.9. The molecule has 0 spiro atoms. The average Bonchev–Trinajstić information content (AvgIpc) is 3.18. The largest absolute Gasteiger partial charge is 0.463 e. The molecule has 366 valence electrons. The number of esters is 7. The number of nitrogens with one attached hydrogen (secondary N) is 3. The Morgan fingerprint density at radius 3 is 1.64 bits per heavy atom. The minimum absolute atomic E-state index is 0.229. The van der Waals surface area contributed by atoms with Crippen molar-refractivity contribution in [1.82, 2.24) is 16.0 Å². The fourth-order valence-corrected chi connectivity index (χ4v) is 6.61. The Hall–Kier alpha value is -6.40. The Balaban J connectivity index is 2.11. The summed E-state index contributed by atoms with van der Waals surface area (Å²) in [6.07, 6.45) is -17.1. The number of carbonyl (C=O) groups is 10. The zero-order valence-corrected chi connectivity index (χ0v) is 38.1. The SMILES string of the molecule is CC(=O)N[C@@H]1[C@@H](OC(C)=O)[C@H](O[C@@H]2O[C@H](COC(C)=O)[C@H](OC(C)=O)[C@H](OC(C)=O)[C@H]2OC(C)=O)[C@@H](COC(C)=O)O[C@H]1NC(=O)C[C@H](NC(=O)OC(C)(C)C)C(=O)OCc1ccccc1. The number of hydrogen-bond acceptors (Lipinski definition) is 21. The van der Waals surface area contributed by atoms with E-state index in [-0.39, 0.29) is 6.61 Å². The molecule has 0 bridgehead atoms. The molecule has 0 radical (unpaired) electrons. The highest BCUT2D eigenvalue weighted by atomic mass is 16.8. The van der Waals surface area contributed by atoms with Crippen LogP contribution in [-0.2, 0) is 102 Å². The Morgan fingerprint density at radius 2 is 1.12 bits per heavy atom. The van der Waals surface area contributed by atoms with Gasteiger partial charge in [-0.25, -0.2) is 9.59 Å². The molecule has 1 aromatic carbocycles. The Morgan fingerprint density at radius 1 is 0.606 bits per heavy atom. The van der Waals surface area contributed by atoms with Gasteiger partial charge < -0.3 is 68.1 Å². The average molecular weight is 940 g/mol. The first-order valence-electron chi connectivity index (χ1n) is 20.5. The van der Waals surface area contributed by atoms with Crippen LogP contribution in [-0.4, -0.2) is 146 Å². The van der Waals surface area contributed by atoms with Crippen molar-refractivity contribution in [2.24, 2.45) is 0 Å². The molecule has 3 rings (SSSR count). The van der Waals surface area contributed by atoms with Gasteiger partial charge in [0.15, 0.2) is 36.9 Å². The molecule has 11 atom stereocenters. The molecule has 66 heavy (non-hydrogen) atoms. The molecule has 0 aromatic heterocycles. The molecule has 2 aliphatic heterocycles. The quantitative estimate of drug-likeness (QED) is 0.132. The minimum Gasteiger partial charge on any atom is -0.463 e. The van der Waals surface area contributed by atoms with Crippen molar-refractivity contribution >= 4 is 59.7 Å². The molecule has 2 fully saturated rings. The molecule has 3 N–H and O–H groups in total. The van der Waals surface area contributed by atoms with E-state index in [1.54, 1.807) is 51.1 Å². The van der Waals surface area contributed by atoms with Crippen LogP contribution in [0, 0.1) is 0 Å². The van der Waals surface area contributed by atoms with Crippen molar-refractivity contribution in [3.8, 4) is 0 Å². The summed E-state index contributed by atoms with van der Waals surface area (Å²) in [6.45, 7) is 10.3. The number of benzene rings is 1. The second kappa shape index (κ2) is 24.8. The van der Waals surface area contributed by atoms with Crippen LogP contribution in [0.25, 0.3) is 0 Å². The van der Waals surface area contributed by atoms with E-state index in [4.69, 9.17) is 52.1 Å². The monoisotopic (exact) mass is 939 g/mol. The van der Waals surface area contributed by atoms with E-state index in [1.807, 2.05) is 0 Å². The maximum atomic E-state index is 13.9. The van der Waals surface area contributed by atoms with Crippen molar-refractivity contribution in [3.05, 3.63) is 35.9 Å². The maximum Gasteiger partial charge on any atom is 0.408 e. The molecule has 1 aromatic rings. The van der Waals surface area contributed by atoms with Crippen LogP contribution in [0.4, 0.5) is 4.79 Å². The number of ether oxygens (including phenoxy) is 11. The van der Waals surface area contributed by atoms with Crippen LogP contribution in [0.15, 0.2) is 30.3 Å². The van der Waals surface area contributed by atoms with Crippen LogP contribution in [0.3, 0.4) is 0 Å². The van der Waals surface area contributed by atoms with Gasteiger partial charge in [-0.15, -0.1) is 0 Å². The first-order valence-corrected chi connectivity index (χ1v) is 20.5. The van der Waals surface area contributed by atoms with Gasteiger partial charge in [0.1, 0.15) is 55.8 Å². The first-order chi connectivity index (χ1) is 30.8. The number of alkyl carbamates (subject to hydrolysis) is 1. The topological polar surface area (TPSA) is 308 Å². The summed E-state index contributed by atoms with van der Waals surface area (Å²) in [7, 11) is 0. The Bertz CT molecular complexity index is 1920. The van der Waals surface area contributed by atoms with E-state index in [9.17, 15) is 47.9 Å². The second-order valence-corrected chi connectivity index (χ2v) is 15.9. The lowest BCUT2D eigenvalue weighted by Crippen LogP contribution is -2.71. The van der Waals surface area contributed by atoms with Gasteiger partial charge >= 0.3 is 47.9 Å². The lowest BCUT2D eigenvalue weighted by atomic mass is 9.94. The number of rotatable bonds is 18. The van der Waals surface area contributed by atoms with Crippen LogP contribution in [0.2, 0.25) is 0 Å². The third-order valence-corrected chi connectivity index (χ3v) is 8.95. The van der Waals surface area contributed by atoms with Gasteiger partial charge in [0.25, 0.3) is 0 Å². The molecule has 0 unspecified atom stereocenters. The lowest BCUT2D eigenvalue weighted by Gasteiger charge is -2.49. The summed E-state index contributed by atoms with van der Waals surface area (Å²) in [4.78, 5) is 127. The molecular weight excluding hydrogens is 882 g/mol. The summed E-state index contributed by atoms with van der Waals surface area (Å²) >= 11 is 0. The highest BCUT2D eigenvalue weighted by Crippen LogP contribution is 2.34. The van der Waals surface area contributed by atoms with E-state index in [0.29, 0.717) is 5.56 Å². The molecule has 0 aliphatic carbocycles. The van der Waals surface area contributed by atoms with Crippen LogP contribution in [0.5, 0.6) is 0 Å². The van der Waals surface area contributed by atoms with Gasteiger partial charge in [0.05, 0.1) is 6.42 Å². The Kier molecular flexibility index (Phi) is 20.2. The molecule has 3 amide bonds. The predicted molar refractivity (Wildman–Crippen MR) is 217 cm³/mol. The molecule has 0 saturated carbocycles. The summed E-state index contributed by atoms with van der Waals surface area (Å²) in [5.74, 6) is -8.27. The van der Waals surface area contributed by atoms with Crippen LogP contribution < -0.4 is 16.0 Å². The predicted octanol–water partition coefficient (Wildman–Crippen LogP) is 0.322. The minimum atomic E-state index is -1.91. The van der Waals surface area contributed by atoms with Crippen molar-refractivity contribution < 1.29 is 100 Å². The van der Waals surface area contributed by atoms with Crippen molar-refractivity contribution in [3.63, 3.8) is 0 Å². The van der Waals surface area contributed by atoms with E-state index in [0.717, 1.165) is 48.5 Å². The van der Waals surface area contributed by atoms with E-state index in [1.165, 1.54) is 0 Å². The van der Waals surface area contributed by atoms with Gasteiger partial charge in [0.2, 0.25) is 11.8 Å². The van der Waals surface area contributed by atoms with Gasteiger partial charge in [-0.3, -0.25) is 38.4 Å². The van der Waals surface area contributed by atoms with Gasteiger partial charge in [-0.05, 0) is 26.3 Å². The molecular formula is C42H57N3O21. The fraction of sp³-hybridized carbons (Fsp3) is 0.619. The van der Waals surface area contributed by atoms with Crippen molar-refractivity contribution in [1.29, 1.82) is 0 Å². The summed E-state index contributed by atoms with van der Waals surface area (Å²) in [5, 5.41) is 7.36. The Labute approximate surface area is 379 Å². The van der Waals surface area contributed by atoms with Crippen molar-refractivity contribution in [2.45, 2.75) is 155 Å². The standard InChI is InChI=1S/C42H57N3O21/c1-20(46)43-32-35(60-24(5)50)33(65-40-37(62-26(7)52)36(61-25(6)51)34(59-23(4)49)30(64-40)19-57-22(3)48)29(18-56-21(2)47)63-38(32)45-31(53)16-28(44-41(55)66-42(8,9)10)39(54)58-17-27-14-12-11-13-15-27/h11-15,28-30,32-38,40H,16-19H2,1-10H3,(H,43,46)(H,44,55)(H,45,53)/t28-,29+,30+,32+,33+,34-,35+,36-,37+,38+,40-/m0/s1. The molecule has 2 heterocycles. The van der Waals surface area contributed by atoms with Gasteiger partial charge in [-0.2, -0.15) is 0 Å². The number of carbonyl (C=O) groups excluding carboxylic acids is 10. The number of amides is 3. The van der Waals surface area contributed by atoms with Crippen LogP contribution >= 0.6 is 0 Å². The van der Waals surface area contributed by atoms with E-state index in [2.05, 4.69) is 16.0 Å². The molecule has 2 aliphatic rings. The maximum absolute atomic E-state index is 13.9. The summed E-state index contributed by atoms with van der Waals surface area (Å²) in [5.41, 5.74) is -0.417. The van der Waals surface area contributed by atoms with E-state index < -0.39 is 152 Å². The molecule has 2 saturated heterocycles. The first kappa shape index (κ1) is 53.9. The van der Waals surface area contributed by atoms with Crippen LogP contribution in [0.1, 0.15) is 81.2 Å². The smallest absolute Gasteiger partial charge is 0.408 e. The zero-order chi connectivity index (χ0) is 49.5. The second-order valence-electron chi connectivity index (χ2n) is 15.9. The zero-order valence-electron chi connectivity index (χ0n) is 38.1. The highest BCUT2D eigenvalue weighted by Gasteiger charge is 2.57. The molecule has 24 nitrogen and oxygen atoms in total. The molecule has 24 heteroatoms. The van der Waals surface area contributed by atoms with Gasteiger partial charge in [-0.1, -0.05) is 30.3 Å². The highest BCUT2D eigenvalue weighted by molar-refractivity contribution is 5.88. The van der Waals surface area contributed by atoms with Gasteiger partial charge in [0, 0.05) is 48.5 Å². The summed E-state index contributed by atoms with van der Waals surface area (Å²) < 4.78 is 61.9. The van der Waals surface area contributed by atoms with E-state index >= 15 is 0 Å². The normalized spacial score (nSPS) is 25.2.